The van der Waals surface area contributed by atoms with Crippen LogP contribution in [-0.4, -0.2) is 50.2 Å². The molecule has 3 aromatic heterocycles. The number of aromatic nitrogens is 4. The van der Waals surface area contributed by atoms with E-state index in [9.17, 15) is 13.6 Å². The average Bonchev–Trinajstić information content (AvgIpc) is 2.94. The molecule has 0 amide bonds. The fourth-order valence-corrected chi connectivity index (χ4v) is 5.59. The van der Waals surface area contributed by atoms with Crippen molar-refractivity contribution < 1.29 is 13.5 Å². The highest BCUT2D eigenvalue weighted by Gasteiger charge is 2.29. The van der Waals surface area contributed by atoms with E-state index in [2.05, 4.69) is 30.8 Å². The Balaban J connectivity index is 1.38. The maximum Gasteiger partial charge on any atom is 0.202 e. The van der Waals surface area contributed by atoms with Gasteiger partial charge in [0.2, 0.25) is 5.82 Å². The maximum absolute atomic E-state index is 14.4. The van der Waals surface area contributed by atoms with Crippen LogP contribution < -0.4 is 15.1 Å². The van der Waals surface area contributed by atoms with E-state index in [1.54, 1.807) is 31.0 Å². The van der Waals surface area contributed by atoms with E-state index in [0.717, 1.165) is 49.1 Å². The average molecular weight is 519 g/mol. The monoisotopic (exact) mass is 518 g/mol. The highest BCUT2D eigenvalue weighted by Crippen LogP contribution is 2.33. The Morgan fingerprint density at radius 1 is 1.13 bits per heavy atom. The van der Waals surface area contributed by atoms with E-state index >= 15 is 0 Å². The number of piperidine rings is 1. The largest absolute Gasteiger partial charge is 0.486 e. The molecular formula is C28H28F2N6O2. The van der Waals surface area contributed by atoms with Gasteiger partial charge < -0.3 is 14.2 Å². The highest BCUT2D eigenvalue weighted by molar-refractivity contribution is 5.86. The molecule has 1 saturated heterocycles. The van der Waals surface area contributed by atoms with Gasteiger partial charge in [-0.05, 0) is 43.5 Å². The Morgan fingerprint density at radius 3 is 2.84 bits per heavy atom. The van der Waals surface area contributed by atoms with Crippen molar-refractivity contribution >= 4 is 16.7 Å². The molecule has 38 heavy (non-hydrogen) atoms. The van der Waals surface area contributed by atoms with Crippen molar-refractivity contribution in [1.29, 1.82) is 0 Å². The van der Waals surface area contributed by atoms with Crippen LogP contribution >= 0.6 is 0 Å². The van der Waals surface area contributed by atoms with E-state index in [-0.39, 0.29) is 29.2 Å². The van der Waals surface area contributed by atoms with Crippen molar-refractivity contribution in [2.75, 3.05) is 24.6 Å². The second-order valence-electron chi connectivity index (χ2n) is 9.94. The van der Waals surface area contributed by atoms with Gasteiger partial charge in [0.15, 0.2) is 17.0 Å². The molecule has 0 aliphatic carbocycles. The topological polar surface area (TPSA) is 76.4 Å². The highest BCUT2D eigenvalue weighted by atomic mass is 19.2. The summed E-state index contributed by atoms with van der Waals surface area (Å²) in [4.78, 5) is 31.2. The van der Waals surface area contributed by atoms with Gasteiger partial charge in [0.25, 0.3) is 0 Å². The molecule has 0 bridgehead atoms. The van der Waals surface area contributed by atoms with Crippen LogP contribution in [0.4, 0.5) is 14.6 Å². The molecule has 0 saturated carbocycles. The molecule has 0 N–H and O–H groups in total. The summed E-state index contributed by atoms with van der Waals surface area (Å²) in [6.45, 7) is 5.22. The lowest BCUT2D eigenvalue weighted by molar-refractivity contribution is 0.157. The lowest BCUT2D eigenvalue weighted by Gasteiger charge is -2.40. The van der Waals surface area contributed by atoms with Crippen molar-refractivity contribution in [3.05, 3.63) is 87.9 Å². The third-order valence-corrected chi connectivity index (χ3v) is 7.37. The number of hydrogen-bond acceptors (Lipinski definition) is 7. The maximum atomic E-state index is 14.4. The number of rotatable bonds is 6. The van der Waals surface area contributed by atoms with Gasteiger partial charge in [0.1, 0.15) is 12.4 Å². The van der Waals surface area contributed by atoms with Gasteiger partial charge in [-0.2, -0.15) is 4.39 Å². The minimum Gasteiger partial charge on any atom is -0.486 e. The zero-order valence-corrected chi connectivity index (χ0v) is 21.1. The lowest BCUT2D eigenvalue weighted by atomic mass is 10.0. The zero-order valence-electron chi connectivity index (χ0n) is 21.1. The number of anilines is 1. The van der Waals surface area contributed by atoms with Gasteiger partial charge >= 0.3 is 0 Å². The van der Waals surface area contributed by atoms with Gasteiger partial charge in [-0.3, -0.25) is 19.7 Å². The number of nitrogens with zero attached hydrogens (tertiary/aromatic N) is 6. The third-order valence-electron chi connectivity index (χ3n) is 7.37. The van der Waals surface area contributed by atoms with E-state index in [4.69, 9.17) is 4.74 Å². The summed E-state index contributed by atoms with van der Waals surface area (Å²) < 4.78 is 36.1. The number of benzene rings is 1. The molecule has 4 aromatic rings. The Hall–Kier alpha value is -3.92. The third kappa shape index (κ3) is 4.60. The number of aryl methyl sites for hydroxylation is 1. The number of hydrogen-bond donors (Lipinski definition) is 0. The quantitative estimate of drug-likeness (QED) is 0.384. The first kappa shape index (κ1) is 24.4. The minimum absolute atomic E-state index is 0.138. The molecule has 2 aliphatic rings. The van der Waals surface area contributed by atoms with E-state index in [0.29, 0.717) is 30.7 Å². The molecule has 8 nitrogen and oxygen atoms in total. The molecule has 0 radical (unpaired) electrons. The van der Waals surface area contributed by atoms with Crippen LogP contribution in [0.15, 0.2) is 54.0 Å². The zero-order chi connectivity index (χ0) is 26.2. The van der Waals surface area contributed by atoms with Gasteiger partial charge in [-0.15, -0.1) is 0 Å². The van der Waals surface area contributed by atoms with Crippen LogP contribution in [0, 0.1) is 18.6 Å². The molecular weight excluding hydrogens is 490 g/mol. The van der Waals surface area contributed by atoms with Gasteiger partial charge in [0.05, 0.1) is 23.6 Å². The second-order valence-corrected chi connectivity index (χ2v) is 9.94. The van der Waals surface area contributed by atoms with Crippen LogP contribution in [0.25, 0.3) is 10.9 Å². The first-order valence-corrected chi connectivity index (χ1v) is 12.8. The van der Waals surface area contributed by atoms with Crippen LogP contribution in [0.1, 0.15) is 29.7 Å². The molecule has 2 aliphatic heterocycles. The summed E-state index contributed by atoms with van der Waals surface area (Å²) in [6.07, 6.45) is 10.6. The molecule has 0 spiro atoms. The summed E-state index contributed by atoms with van der Waals surface area (Å²) in [5.41, 5.74) is 2.57. The SMILES string of the molecule is Cc1cc(CN(Cc2cn3c4c(c(F)c(F)cc4c2=O)OCC3)[C@H]2CCCN(c3cnccn3)C2)ccn1. The minimum atomic E-state index is -1.08. The lowest BCUT2D eigenvalue weighted by Crippen LogP contribution is -2.48. The predicted octanol–water partition coefficient (Wildman–Crippen LogP) is 3.84. The first-order valence-electron chi connectivity index (χ1n) is 12.8. The summed E-state index contributed by atoms with van der Waals surface area (Å²) in [7, 11) is 0. The number of halogens is 2. The van der Waals surface area contributed by atoms with Crippen LogP contribution in [0.2, 0.25) is 0 Å². The Labute approximate surface area is 218 Å². The fourth-order valence-electron chi connectivity index (χ4n) is 5.59. The predicted molar refractivity (Wildman–Crippen MR) is 139 cm³/mol. The van der Waals surface area contributed by atoms with E-state index in [1.807, 2.05) is 17.6 Å². The second kappa shape index (κ2) is 10.1. The van der Waals surface area contributed by atoms with Crippen molar-refractivity contribution in [1.82, 2.24) is 24.4 Å². The Morgan fingerprint density at radius 2 is 2.03 bits per heavy atom. The molecule has 6 rings (SSSR count). The van der Waals surface area contributed by atoms with Crippen LogP contribution in [0.3, 0.4) is 0 Å². The molecule has 1 aromatic carbocycles. The number of ether oxygens (including phenoxy) is 1. The van der Waals surface area contributed by atoms with Crippen molar-refractivity contribution in [2.24, 2.45) is 0 Å². The summed E-state index contributed by atoms with van der Waals surface area (Å²) in [5.74, 6) is -1.49. The van der Waals surface area contributed by atoms with E-state index < -0.39 is 11.6 Å². The Kier molecular flexibility index (Phi) is 6.49. The van der Waals surface area contributed by atoms with Crippen molar-refractivity contribution in [3.8, 4) is 5.75 Å². The summed E-state index contributed by atoms with van der Waals surface area (Å²) in [5, 5.41) is 0.139. The summed E-state index contributed by atoms with van der Waals surface area (Å²) in [6, 6.07) is 5.18. The van der Waals surface area contributed by atoms with E-state index in [1.165, 1.54) is 0 Å². The van der Waals surface area contributed by atoms with Crippen LogP contribution in [0.5, 0.6) is 5.75 Å². The molecule has 0 unspecified atom stereocenters. The summed E-state index contributed by atoms with van der Waals surface area (Å²) >= 11 is 0. The van der Waals surface area contributed by atoms with Crippen molar-refractivity contribution in [2.45, 2.75) is 45.4 Å². The molecule has 5 heterocycles. The molecule has 1 fully saturated rings. The molecule has 1 atom stereocenters. The van der Waals surface area contributed by atoms with Gasteiger partial charge in [0, 0.05) is 68.3 Å². The standard InChI is InChI=1S/C28H28F2N6O2/c1-18-11-19(4-5-32-18)14-36(21-3-2-8-34(17-21)24-13-31-6-7-33-24)16-20-15-35-9-10-38-28-25(30)23(29)12-22(26(28)35)27(20)37/h4-7,11-13,15,21H,2-3,8-10,14,16-17H2,1H3/t21-/m0/s1. The van der Waals surface area contributed by atoms with Gasteiger partial charge in [-0.25, -0.2) is 9.37 Å². The normalized spacial score (nSPS) is 17.2. The van der Waals surface area contributed by atoms with Crippen LogP contribution in [-0.2, 0) is 19.6 Å². The fraction of sp³-hybridized carbons (Fsp3) is 0.357. The molecule has 10 heteroatoms. The van der Waals surface area contributed by atoms with Gasteiger partial charge in [-0.1, -0.05) is 0 Å². The first-order chi connectivity index (χ1) is 18.5. The Bertz CT molecular complexity index is 1540. The smallest absolute Gasteiger partial charge is 0.202 e. The molecule has 196 valence electrons. The van der Waals surface area contributed by atoms with Crippen molar-refractivity contribution in [3.63, 3.8) is 0 Å². The number of pyridine rings is 2.